The zero-order valence-electron chi connectivity index (χ0n) is 17.0. The van der Waals surface area contributed by atoms with Crippen LogP contribution >= 0.6 is 31.9 Å². The third-order valence-corrected chi connectivity index (χ3v) is 7.36. The molecule has 0 N–H and O–H groups in total. The van der Waals surface area contributed by atoms with Crippen molar-refractivity contribution in [1.29, 1.82) is 0 Å². The number of hydrogen-bond donors (Lipinski definition) is 0. The van der Waals surface area contributed by atoms with E-state index in [2.05, 4.69) is 57.8 Å². The molecule has 2 aromatic heterocycles. The second-order valence-electron chi connectivity index (χ2n) is 7.67. The van der Waals surface area contributed by atoms with Gasteiger partial charge in [0.2, 0.25) is 0 Å². The minimum absolute atomic E-state index is 0.986. The van der Waals surface area contributed by atoms with E-state index in [0.717, 1.165) is 34.6 Å². The summed E-state index contributed by atoms with van der Waals surface area (Å²) in [7, 11) is 0. The van der Waals surface area contributed by atoms with Crippen LogP contribution in [-0.4, -0.2) is 9.97 Å². The zero-order valence-corrected chi connectivity index (χ0v) is 20.2. The molecule has 3 rings (SSSR count). The average molecular weight is 506 g/mol. The fraction of sp³-hybridized carbons (Fsp3) is 0.500. The molecule has 2 nitrogen and oxygen atoms in total. The Morgan fingerprint density at radius 2 is 1.07 bits per heavy atom. The molecular formula is C24H30Br2N2. The van der Waals surface area contributed by atoms with Crippen LogP contribution in [0, 0.1) is 0 Å². The van der Waals surface area contributed by atoms with Crippen LogP contribution in [0.15, 0.2) is 33.5 Å². The van der Waals surface area contributed by atoms with Crippen LogP contribution in [0.5, 0.6) is 0 Å². The first kappa shape index (κ1) is 21.7. The van der Waals surface area contributed by atoms with Gasteiger partial charge in [0.15, 0.2) is 0 Å². The molecular weight excluding hydrogens is 476 g/mol. The monoisotopic (exact) mass is 504 g/mol. The summed E-state index contributed by atoms with van der Waals surface area (Å²) in [5, 5.41) is 2.33. The van der Waals surface area contributed by atoms with Gasteiger partial charge in [0.1, 0.15) is 0 Å². The van der Waals surface area contributed by atoms with Gasteiger partial charge in [0, 0.05) is 32.1 Å². The SMILES string of the molecule is CCCCCCc1cnc2c(ccc3c(Br)c(CCCCCC)cnc32)c1Br. The minimum atomic E-state index is 0.986. The molecule has 0 aliphatic rings. The van der Waals surface area contributed by atoms with Crippen LogP contribution in [0.25, 0.3) is 21.8 Å². The maximum Gasteiger partial charge on any atom is 0.0976 e. The lowest BCUT2D eigenvalue weighted by Crippen LogP contribution is -1.96. The molecule has 0 fully saturated rings. The van der Waals surface area contributed by atoms with Crippen molar-refractivity contribution in [1.82, 2.24) is 9.97 Å². The molecule has 0 aliphatic heterocycles. The van der Waals surface area contributed by atoms with Gasteiger partial charge in [-0.25, -0.2) is 0 Å². The number of nitrogens with zero attached hydrogens (tertiary/aromatic N) is 2. The molecule has 150 valence electrons. The lowest BCUT2D eigenvalue weighted by atomic mass is 10.0. The van der Waals surface area contributed by atoms with Crippen molar-refractivity contribution in [2.24, 2.45) is 0 Å². The second-order valence-corrected chi connectivity index (χ2v) is 9.26. The van der Waals surface area contributed by atoms with Gasteiger partial charge in [-0.05, 0) is 68.7 Å². The van der Waals surface area contributed by atoms with Crippen molar-refractivity contribution in [3.05, 3.63) is 44.6 Å². The van der Waals surface area contributed by atoms with Crippen LogP contribution < -0.4 is 0 Å². The van der Waals surface area contributed by atoms with Crippen molar-refractivity contribution in [3.63, 3.8) is 0 Å². The summed E-state index contributed by atoms with van der Waals surface area (Å²) in [5.74, 6) is 0. The Labute approximate surface area is 185 Å². The van der Waals surface area contributed by atoms with E-state index in [0.29, 0.717) is 0 Å². The Bertz CT molecular complexity index is 860. The van der Waals surface area contributed by atoms with Gasteiger partial charge < -0.3 is 0 Å². The molecule has 0 bridgehead atoms. The minimum Gasteiger partial charge on any atom is -0.254 e. The quantitative estimate of drug-likeness (QED) is 0.203. The predicted octanol–water partition coefficient (Wildman–Crippen LogP) is 8.55. The smallest absolute Gasteiger partial charge is 0.0976 e. The Morgan fingerprint density at radius 1 is 0.643 bits per heavy atom. The fourth-order valence-electron chi connectivity index (χ4n) is 3.77. The van der Waals surface area contributed by atoms with E-state index in [1.807, 2.05) is 12.4 Å². The molecule has 0 saturated carbocycles. The number of halogens is 2. The largest absolute Gasteiger partial charge is 0.254 e. The molecule has 0 aliphatic carbocycles. The Balaban J connectivity index is 1.89. The highest BCUT2D eigenvalue weighted by Gasteiger charge is 2.13. The predicted molar refractivity (Wildman–Crippen MR) is 128 cm³/mol. The van der Waals surface area contributed by atoms with E-state index in [4.69, 9.17) is 9.97 Å². The van der Waals surface area contributed by atoms with Crippen molar-refractivity contribution < 1.29 is 0 Å². The number of benzene rings is 1. The van der Waals surface area contributed by atoms with Gasteiger partial charge in [-0.3, -0.25) is 9.97 Å². The number of aryl methyl sites for hydroxylation is 2. The first-order chi connectivity index (χ1) is 13.7. The molecule has 0 atom stereocenters. The first-order valence-electron chi connectivity index (χ1n) is 10.7. The molecule has 1 aromatic carbocycles. The van der Waals surface area contributed by atoms with Gasteiger partial charge in [0.25, 0.3) is 0 Å². The molecule has 28 heavy (non-hydrogen) atoms. The number of hydrogen-bond acceptors (Lipinski definition) is 2. The van der Waals surface area contributed by atoms with Crippen molar-refractivity contribution >= 4 is 53.7 Å². The van der Waals surface area contributed by atoms with Crippen LogP contribution in [0.3, 0.4) is 0 Å². The molecule has 0 unspecified atom stereocenters. The van der Waals surface area contributed by atoms with E-state index < -0.39 is 0 Å². The summed E-state index contributed by atoms with van der Waals surface area (Å²) >= 11 is 7.68. The number of unbranched alkanes of at least 4 members (excludes halogenated alkanes) is 6. The molecule has 0 spiro atoms. The van der Waals surface area contributed by atoms with Gasteiger partial charge in [0.05, 0.1) is 11.0 Å². The first-order valence-corrected chi connectivity index (χ1v) is 12.3. The summed E-state index contributed by atoms with van der Waals surface area (Å²) in [5.41, 5.74) is 4.57. The third kappa shape index (κ3) is 4.94. The molecule has 0 saturated heterocycles. The molecule has 2 heterocycles. The second kappa shape index (κ2) is 10.7. The third-order valence-electron chi connectivity index (χ3n) is 5.49. The van der Waals surface area contributed by atoms with E-state index in [-0.39, 0.29) is 0 Å². The Morgan fingerprint density at radius 3 is 1.46 bits per heavy atom. The topological polar surface area (TPSA) is 25.8 Å². The summed E-state index contributed by atoms with van der Waals surface area (Å²) in [6, 6.07) is 4.38. The number of aromatic nitrogens is 2. The fourth-order valence-corrected chi connectivity index (χ4v) is 5.01. The lowest BCUT2D eigenvalue weighted by Gasteiger charge is -2.12. The summed E-state index contributed by atoms with van der Waals surface area (Å²) < 4.78 is 2.36. The highest BCUT2D eigenvalue weighted by molar-refractivity contribution is 9.11. The van der Waals surface area contributed by atoms with Crippen LogP contribution in [0.4, 0.5) is 0 Å². The highest BCUT2D eigenvalue weighted by Crippen LogP contribution is 2.35. The molecule has 0 radical (unpaired) electrons. The molecule has 3 aromatic rings. The summed E-state index contributed by atoms with van der Waals surface area (Å²) in [4.78, 5) is 9.63. The highest BCUT2D eigenvalue weighted by atomic mass is 79.9. The lowest BCUT2D eigenvalue weighted by molar-refractivity contribution is 0.665. The van der Waals surface area contributed by atoms with Gasteiger partial charge >= 0.3 is 0 Å². The number of pyridine rings is 2. The maximum atomic E-state index is 4.81. The maximum absolute atomic E-state index is 4.81. The number of rotatable bonds is 10. The van der Waals surface area contributed by atoms with Crippen molar-refractivity contribution in [2.45, 2.75) is 78.1 Å². The van der Waals surface area contributed by atoms with Gasteiger partial charge in [-0.2, -0.15) is 0 Å². The standard InChI is InChI=1S/C24H30Br2N2/c1-3-5-7-9-11-17-15-27-23-19(21(17)25)13-14-20-22(26)18(16-28-24(20)23)12-10-8-6-4-2/h13-16H,3-12H2,1-2H3. The summed E-state index contributed by atoms with van der Waals surface area (Å²) in [6.45, 7) is 4.50. The van der Waals surface area contributed by atoms with Crippen molar-refractivity contribution in [2.75, 3.05) is 0 Å². The number of fused-ring (bicyclic) bond motifs is 3. The van der Waals surface area contributed by atoms with Gasteiger partial charge in [-0.1, -0.05) is 64.5 Å². The van der Waals surface area contributed by atoms with E-state index in [9.17, 15) is 0 Å². The Kier molecular flexibility index (Phi) is 8.28. The van der Waals surface area contributed by atoms with E-state index in [1.54, 1.807) is 0 Å². The zero-order chi connectivity index (χ0) is 19.9. The van der Waals surface area contributed by atoms with Crippen LogP contribution in [0.1, 0.15) is 76.3 Å². The van der Waals surface area contributed by atoms with Crippen molar-refractivity contribution in [3.8, 4) is 0 Å². The van der Waals surface area contributed by atoms with E-state index >= 15 is 0 Å². The van der Waals surface area contributed by atoms with Crippen LogP contribution in [-0.2, 0) is 12.8 Å². The molecule has 0 amide bonds. The average Bonchev–Trinajstić information content (AvgIpc) is 2.71. The normalized spacial score (nSPS) is 11.6. The van der Waals surface area contributed by atoms with E-state index in [1.165, 1.54) is 71.4 Å². The van der Waals surface area contributed by atoms with Gasteiger partial charge in [-0.15, -0.1) is 0 Å². The Hall–Kier alpha value is -1.00. The van der Waals surface area contributed by atoms with Crippen LogP contribution in [0.2, 0.25) is 0 Å². The molecule has 4 heteroatoms. The summed E-state index contributed by atoms with van der Waals surface area (Å²) in [6.07, 6.45) is 16.4.